The Morgan fingerprint density at radius 3 is 2.63 bits per heavy atom. The number of hydrogen-bond acceptors (Lipinski definition) is 4. The molecule has 0 saturated heterocycles. The highest BCUT2D eigenvalue weighted by Crippen LogP contribution is 2.29. The van der Waals surface area contributed by atoms with Crippen molar-refractivity contribution in [3.63, 3.8) is 0 Å². The fraction of sp³-hybridized carbons (Fsp3) is 0. The lowest BCUT2D eigenvalue weighted by molar-refractivity contribution is 0.0967. The van der Waals surface area contributed by atoms with Crippen molar-refractivity contribution in [2.75, 3.05) is 0 Å². The zero-order valence-corrected chi connectivity index (χ0v) is 15.6. The maximum absolute atomic E-state index is 12.2. The molecule has 3 rings (SSSR count). The zero-order valence-electron chi connectivity index (χ0n) is 14.1. The number of oxazole rings is 1. The minimum atomic E-state index is -0.291. The highest BCUT2D eigenvalue weighted by Gasteiger charge is 2.10. The van der Waals surface area contributed by atoms with Gasteiger partial charge in [0, 0.05) is 28.0 Å². The van der Waals surface area contributed by atoms with Crippen molar-refractivity contribution in [3.8, 4) is 0 Å². The topological polar surface area (TPSA) is 81.2 Å². The van der Waals surface area contributed by atoms with Gasteiger partial charge in [-0.3, -0.25) is 4.79 Å². The smallest absolute Gasteiger partial charge is 0.255 e. The second kappa shape index (κ2) is 8.12. The third kappa shape index (κ3) is 4.39. The lowest BCUT2D eigenvalue weighted by Crippen LogP contribution is -2.21. The molecule has 0 saturated carbocycles. The molecule has 0 atom stereocenters. The van der Waals surface area contributed by atoms with Crippen molar-refractivity contribution in [1.29, 1.82) is 0 Å². The molecule has 1 heterocycles. The van der Waals surface area contributed by atoms with Crippen LogP contribution < -0.4 is 11.1 Å². The molecule has 3 N–H and O–H groups in total. The van der Waals surface area contributed by atoms with Gasteiger partial charge in [-0.2, -0.15) is 0 Å². The zero-order chi connectivity index (χ0) is 19.4. The normalized spacial score (nSPS) is 11.9. The molecule has 3 aromatic rings. The predicted molar refractivity (Wildman–Crippen MR) is 108 cm³/mol. The Balaban J connectivity index is 1.74. The van der Waals surface area contributed by atoms with Gasteiger partial charge in [-0.1, -0.05) is 35.9 Å². The third-order valence-electron chi connectivity index (χ3n) is 3.76. The molecule has 0 unspecified atom stereocenters. The van der Waals surface area contributed by atoms with Gasteiger partial charge in [0.1, 0.15) is 5.52 Å². The number of benzene rings is 2. The summed E-state index contributed by atoms with van der Waals surface area (Å²) in [6, 6.07) is 10.0. The van der Waals surface area contributed by atoms with Gasteiger partial charge in [-0.05, 0) is 48.0 Å². The minimum absolute atomic E-state index is 0.291. The summed E-state index contributed by atoms with van der Waals surface area (Å²) in [6.45, 7) is 3.83. The number of carbonyl (C=O) groups is 1. The Labute approximate surface area is 165 Å². The van der Waals surface area contributed by atoms with E-state index in [2.05, 4.69) is 16.9 Å². The van der Waals surface area contributed by atoms with E-state index in [0.29, 0.717) is 43.5 Å². The quantitative estimate of drug-likeness (QED) is 0.595. The van der Waals surface area contributed by atoms with Gasteiger partial charge in [0.15, 0.2) is 12.0 Å². The molecule has 0 aliphatic rings. The standard InChI is InChI=1S/C20H15Cl2N3O2/c1-12(25-20(26)13-4-6-15(21)7-5-13)2-3-14(10-23)16-8-19-18(9-17(16)22)24-11-27-19/h2-11H,1,23H2,(H,25,26)/b3-2-,14-10+. The molecule has 0 bridgehead atoms. The number of allylic oxidation sites excluding steroid dienone is 3. The van der Waals surface area contributed by atoms with Gasteiger partial charge in [0.25, 0.3) is 5.91 Å². The van der Waals surface area contributed by atoms with Crippen LogP contribution in [-0.2, 0) is 0 Å². The summed E-state index contributed by atoms with van der Waals surface area (Å²) in [5, 5.41) is 3.73. The fourth-order valence-electron chi connectivity index (χ4n) is 2.39. The number of nitrogens with two attached hydrogens (primary N) is 1. The molecule has 5 nitrogen and oxygen atoms in total. The largest absolute Gasteiger partial charge is 0.443 e. The number of fused-ring (bicyclic) bond motifs is 1. The highest BCUT2D eigenvalue weighted by atomic mass is 35.5. The van der Waals surface area contributed by atoms with Crippen LogP contribution in [0.3, 0.4) is 0 Å². The van der Waals surface area contributed by atoms with Crippen LogP contribution in [0.2, 0.25) is 10.0 Å². The first-order valence-corrected chi connectivity index (χ1v) is 8.62. The van der Waals surface area contributed by atoms with Crippen molar-refractivity contribution >= 4 is 45.8 Å². The summed E-state index contributed by atoms with van der Waals surface area (Å²) < 4.78 is 5.30. The Morgan fingerprint density at radius 2 is 1.93 bits per heavy atom. The van der Waals surface area contributed by atoms with Crippen LogP contribution in [0, 0.1) is 0 Å². The average Bonchev–Trinajstić information content (AvgIpc) is 3.09. The Hall–Kier alpha value is -3.02. The van der Waals surface area contributed by atoms with E-state index in [9.17, 15) is 4.79 Å². The third-order valence-corrected chi connectivity index (χ3v) is 4.32. The maximum atomic E-state index is 12.2. The van der Waals surface area contributed by atoms with Crippen LogP contribution >= 0.6 is 23.2 Å². The summed E-state index contributed by atoms with van der Waals surface area (Å²) in [4.78, 5) is 16.3. The molecular weight excluding hydrogens is 385 g/mol. The van der Waals surface area contributed by atoms with Crippen LogP contribution in [0.25, 0.3) is 16.7 Å². The van der Waals surface area contributed by atoms with E-state index in [1.807, 2.05) is 0 Å². The molecule has 0 fully saturated rings. The molecule has 1 aromatic heterocycles. The van der Waals surface area contributed by atoms with Gasteiger partial charge in [0.05, 0.1) is 5.02 Å². The SMILES string of the molecule is C=C(/C=C\C(=C/N)c1cc2ocnc2cc1Cl)NC(=O)c1ccc(Cl)cc1. The van der Waals surface area contributed by atoms with E-state index in [1.54, 1.807) is 48.6 Å². The maximum Gasteiger partial charge on any atom is 0.255 e. The molecule has 27 heavy (non-hydrogen) atoms. The molecule has 0 radical (unpaired) electrons. The van der Waals surface area contributed by atoms with Gasteiger partial charge in [0.2, 0.25) is 0 Å². The lowest BCUT2D eigenvalue weighted by atomic mass is 10.1. The first-order chi connectivity index (χ1) is 13.0. The minimum Gasteiger partial charge on any atom is -0.443 e. The van der Waals surface area contributed by atoms with E-state index in [4.69, 9.17) is 33.4 Å². The number of hydrogen-bond donors (Lipinski definition) is 2. The number of carbonyl (C=O) groups excluding carboxylic acids is 1. The highest BCUT2D eigenvalue weighted by molar-refractivity contribution is 6.33. The van der Waals surface area contributed by atoms with Crippen molar-refractivity contribution in [1.82, 2.24) is 10.3 Å². The van der Waals surface area contributed by atoms with Crippen molar-refractivity contribution in [3.05, 3.63) is 94.6 Å². The van der Waals surface area contributed by atoms with Crippen LogP contribution in [0.4, 0.5) is 0 Å². The van der Waals surface area contributed by atoms with Gasteiger partial charge < -0.3 is 15.5 Å². The summed E-state index contributed by atoms with van der Waals surface area (Å²) in [5.41, 5.74) is 9.17. The van der Waals surface area contributed by atoms with Crippen LogP contribution in [0.1, 0.15) is 15.9 Å². The monoisotopic (exact) mass is 399 g/mol. The lowest BCUT2D eigenvalue weighted by Gasteiger charge is -2.07. The molecule has 1 amide bonds. The summed E-state index contributed by atoms with van der Waals surface area (Å²) >= 11 is 12.1. The van der Waals surface area contributed by atoms with Gasteiger partial charge >= 0.3 is 0 Å². The second-order valence-corrected chi connectivity index (χ2v) is 6.44. The molecule has 136 valence electrons. The Morgan fingerprint density at radius 1 is 1.19 bits per heavy atom. The molecule has 0 aliphatic heterocycles. The van der Waals surface area contributed by atoms with E-state index < -0.39 is 0 Å². The van der Waals surface area contributed by atoms with Crippen molar-refractivity contribution in [2.45, 2.75) is 0 Å². The van der Waals surface area contributed by atoms with Crippen LogP contribution in [-0.4, -0.2) is 10.9 Å². The van der Waals surface area contributed by atoms with E-state index in [-0.39, 0.29) is 5.91 Å². The number of halogens is 2. The molecule has 2 aromatic carbocycles. The molecular formula is C20H15Cl2N3O2. The van der Waals surface area contributed by atoms with E-state index in [0.717, 1.165) is 0 Å². The summed E-state index contributed by atoms with van der Waals surface area (Å²) in [7, 11) is 0. The van der Waals surface area contributed by atoms with Crippen LogP contribution in [0.5, 0.6) is 0 Å². The van der Waals surface area contributed by atoms with Crippen molar-refractivity contribution in [2.24, 2.45) is 5.73 Å². The second-order valence-electron chi connectivity index (χ2n) is 5.59. The number of nitrogens with zero attached hydrogens (tertiary/aromatic N) is 1. The van der Waals surface area contributed by atoms with Gasteiger partial charge in [-0.15, -0.1) is 0 Å². The molecule has 0 aliphatic carbocycles. The summed E-state index contributed by atoms with van der Waals surface area (Å²) in [6.07, 6.45) is 6.09. The number of amides is 1. The number of aromatic nitrogens is 1. The number of nitrogens with one attached hydrogen (secondary N) is 1. The Bertz CT molecular complexity index is 1070. The van der Waals surface area contributed by atoms with E-state index >= 15 is 0 Å². The first-order valence-electron chi connectivity index (χ1n) is 7.87. The van der Waals surface area contributed by atoms with E-state index in [1.165, 1.54) is 12.6 Å². The first kappa shape index (κ1) is 18.8. The van der Waals surface area contributed by atoms with Gasteiger partial charge in [-0.25, -0.2) is 4.98 Å². The number of rotatable bonds is 5. The predicted octanol–water partition coefficient (Wildman–Crippen LogP) is 4.93. The summed E-state index contributed by atoms with van der Waals surface area (Å²) in [5.74, 6) is -0.291. The fourth-order valence-corrected chi connectivity index (χ4v) is 2.78. The average molecular weight is 400 g/mol. The Kier molecular flexibility index (Phi) is 5.64. The molecule has 0 spiro atoms. The molecule has 7 heteroatoms. The van der Waals surface area contributed by atoms with Crippen molar-refractivity contribution < 1.29 is 9.21 Å². The van der Waals surface area contributed by atoms with Crippen LogP contribution in [0.15, 0.2) is 77.8 Å².